The third-order valence-corrected chi connectivity index (χ3v) is 7.43. The summed E-state index contributed by atoms with van der Waals surface area (Å²) in [6.07, 6.45) is 4.15. The summed E-state index contributed by atoms with van der Waals surface area (Å²) in [5.74, 6) is 0.479. The molecule has 2 amide bonds. The molecule has 1 heterocycles. The molecule has 4 rings (SSSR count). The fraction of sp³-hybridized carbons (Fsp3) is 0.440. The highest BCUT2D eigenvalue weighted by atomic mass is 32.2. The van der Waals surface area contributed by atoms with Gasteiger partial charge in [0.15, 0.2) is 0 Å². The van der Waals surface area contributed by atoms with Crippen molar-refractivity contribution in [2.45, 2.75) is 55.9 Å². The monoisotopic (exact) mass is 422 g/mol. The van der Waals surface area contributed by atoms with Crippen molar-refractivity contribution in [1.82, 2.24) is 10.2 Å². The van der Waals surface area contributed by atoms with Crippen LogP contribution in [0.15, 0.2) is 53.4 Å². The molecule has 1 N–H and O–H groups in total. The highest BCUT2D eigenvalue weighted by Crippen LogP contribution is 2.41. The van der Waals surface area contributed by atoms with Gasteiger partial charge in [-0.2, -0.15) is 0 Å². The van der Waals surface area contributed by atoms with Crippen molar-refractivity contribution >= 4 is 23.6 Å². The molecule has 0 bridgehead atoms. The van der Waals surface area contributed by atoms with Crippen LogP contribution in [-0.2, 0) is 10.2 Å². The Labute approximate surface area is 183 Å². The summed E-state index contributed by atoms with van der Waals surface area (Å²) in [5, 5.41) is 3.26. The van der Waals surface area contributed by atoms with E-state index in [9.17, 15) is 9.59 Å². The molecular formula is C25H30N2O2S. The van der Waals surface area contributed by atoms with Crippen LogP contribution in [0.4, 0.5) is 0 Å². The van der Waals surface area contributed by atoms with Gasteiger partial charge in [0.2, 0.25) is 5.91 Å². The molecule has 1 unspecified atom stereocenters. The van der Waals surface area contributed by atoms with Gasteiger partial charge in [0.05, 0.1) is 17.4 Å². The number of hydrogen-bond acceptors (Lipinski definition) is 3. The number of amides is 2. The third kappa shape index (κ3) is 4.41. The summed E-state index contributed by atoms with van der Waals surface area (Å²) < 4.78 is 0. The van der Waals surface area contributed by atoms with E-state index in [4.69, 9.17) is 0 Å². The Bertz CT molecular complexity index is 934. The van der Waals surface area contributed by atoms with Crippen molar-refractivity contribution in [2.24, 2.45) is 0 Å². The molecule has 0 aromatic heterocycles. The van der Waals surface area contributed by atoms with Crippen molar-refractivity contribution in [3.63, 3.8) is 0 Å². The molecule has 1 saturated heterocycles. The lowest BCUT2D eigenvalue weighted by atomic mass is 9.71. The molecule has 1 fully saturated rings. The Morgan fingerprint density at radius 1 is 1.07 bits per heavy atom. The maximum atomic E-state index is 13.2. The predicted molar refractivity (Wildman–Crippen MR) is 122 cm³/mol. The van der Waals surface area contributed by atoms with Crippen LogP contribution in [0, 0.1) is 0 Å². The molecule has 4 nitrogen and oxygen atoms in total. The summed E-state index contributed by atoms with van der Waals surface area (Å²) in [6.45, 7) is 6.26. The zero-order valence-electron chi connectivity index (χ0n) is 17.8. The van der Waals surface area contributed by atoms with Crippen LogP contribution in [0.1, 0.15) is 67.1 Å². The minimum atomic E-state index is -0.0637. The second-order valence-corrected chi connectivity index (χ2v) is 9.93. The fourth-order valence-electron chi connectivity index (χ4n) is 4.58. The van der Waals surface area contributed by atoms with Gasteiger partial charge in [-0.15, -0.1) is 11.8 Å². The first kappa shape index (κ1) is 21.0. The Kier molecular flexibility index (Phi) is 6.19. The summed E-state index contributed by atoms with van der Waals surface area (Å²) in [7, 11) is 0. The van der Waals surface area contributed by atoms with Gasteiger partial charge in [-0.1, -0.05) is 50.2 Å². The Morgan fingerprint density at radius 2 is 1.77 bits per heavy atom. The van der Waals surface area contributed by atoms with E-state index in [-0.39, 0.29) is 23.3 Å². The number of benzene rings is 2. The average Bonchev–Trinajstić information content (AvgIpc) is 3.29. The van der Waals surface area contributed by atoms with Crippen molar-refractivity contribution < 1.29 is 9.59 Å². The van der Waals surface area contributed by atoms with Gasteiger partial charge in [-0.05, 0) is 54.4 Å². The highest BCUT2D eigenvalue weighted by molar-refractivity contribution is 8.00. The smallest absolute Gasteiger partial charge is 0.252 e. The second kappa shape index (κ2) is 8.84. The van der Waals surface area contributed by atoms with E-state index in [0.29, 0.717) is 11.3 Å². The minimum absolute atomic E-state index is 0.0195. The summed E-state index contributed by atoms with van der Waals surface area (Å²) in [4.78, 5) is 28.4. The molecule has 0 spiro atoms. The molecule has 158 valence electrons. The number of carbonyl (C=O) groups is 2. The number of nitrogens with zero attached hydrogens (tertiary/aromatic N) is 1. The highest BCUT2D eigenvalue weighted by Gasteiger charge is 2.33. The first-order valence-corrected chi connectivity index (χ1v) is 11.8. The first-order valence-electron chi connectivity index (χ1n) is 10.9. The number of thioether (sulfide) groups is 1. The van der Waals surface area contributed by atoms with Crippen LogP contribution in [0.25, 0.3) is 0 Å². The number of rotatable bonds is 5. The number of hydrogen-bond donors (Lipinski definition) is 1. The molecule has 1 aliphatic carbocycles. The lowest BCUT2D eigenvalue weighted by Crippen LogP contribution is -2.36. The van der Waals surface area contributed by atoms with Crippen LogP contribution in [0.3, 0.4) is 0 Å². The van der Waals surface area contributed by atoms with Gasteiger partial charge < -0.3 is 10.2 Å². The summed E-state index contributed by atoms with van der Waals surface area (Å²) in [6, 6.07) is 16.1. The molecule has 2 aromatic carbocycles. The third-order valence-electron chi connectivity index (χ3n) is 6.37. The average molecular weight is 423 g/mol. The predicted octanol–water partition coefficient (Wildman–Crippen LogP) is 4.94. The molecule has 1 aliphatic heterocycles. The molecular weight excluding hydrogens is 392 g/mol. The van der Waals surface area contributed by atoms with Gasteiger partial charge in [0.1, 0.15) is 0 Å². The van der Waals surface area contributed by atoms with E-state index in [1.54, 1.807) is 0 Å². The molecule has 2 aliphatic rings. The van der Waals surface area contributed by atoms with Crippen LogP contribution in [-0.4, -0.2) is 35.6 Å². The Hall–Kier alpha value is -2.27. The normalized spacial score (nSPS) is 19.9. The lowest BCUT2D eigenvalue weighted by Gasteiger charge is -2.37. The minimum Gasteiger partial charge on any atom is -0.345 e. The van der Waals surface area contributed by atoms with E-state index in [1.807, 2.05) is 35.2 Å². The first-order chi connectivity index (χ1) is 14.5. The summed E-state index contributed by atoms with van der Waals surface area (Å²) >= 11 is 1.47. The lowest BCUT2D eigenvalue weighted by molar-refractivity contribution is -0.127. The van der Waals surface area contributed by atoms with Gasteiger partial charge in [-0.25, -0.2) is 0 Å². The van der Waals surface area contributed by atoms with E-state index in [0.717, 1.165) is 43.7 Å². The van der Waals surface area contributed by atoms with Crippen molar-refractivity contribution in [3.8, 4) is 0 Å². The molecule has 30 heavy (non-hydrogen) atoms. The van der Waals surface area contributed by atoms with Gasteiger partial charge in [0, 0.05) is 18.0 Å². The number of nitrogens with one attached hydrogen (secondary N) is 1. The largest absolute Gasteiger partial charge is 0.345 e. The topological polar surface area (TPSA) is 49.4 Å². The van der Waals surface area contributed by atoms with Crippen LogP contribution < -0.4 is 5.32 Å². The SMILES string of the molecule is CC1(C)CCC(NC(=O)c2ccccc2SCC(=O)N2CCCC2)c2ccccc21. The zero-order valence-corrected chi connectivity index (χ0v) is 18.6. The fourth-order valence-corrected chi connectivity index (χ4v) is 5.53. The number of fused-ring (bicyclic) bond motifs is 1. The van der Waals surface area contributed by atoms with Crippen molar-refractivity contribution in [3.05, 3.63) is 65.2 Å². The number of carbonyl (C=O) groups excluding carboxylic acids is 2. The Morgan fingerprint density at radius 3 is 2.57 bits per heavy atom. The van der Waals surface area contributed by atoms with Crippen molar-refractivity contribution in [1.29, 1.82) is 0 Å². The van der Waals surface area contributed by atoms with Gasteiger partial charge in [-0.3, -0.25) is 9.59 Å². The van der Waals surface area contributed by atoms with Crippen LogP contribution in [0.2, 0.25) is 0 Å². The van der Waals surface area contributed by atoms with Crippen molar-refractivity contribution in [2.75, 3.05) is 18.8 Å². The maximum absolute atomic E-state index is 13.2. The van der Waals surface area contributed by atoms with E-state index in [1.165, 1.54) is 22.9 Å². The van der Waals surface area contributed by atoms with Crippen LogP contribution in [0.5, 0.6) is 0 Å². The van der Waals surface area contributed by atoms with E-state index in [2.05, 4.69) is 37.4 Å². The molecule has 2 aromatic rings. The number of likely N-dealkylation sites (tertiary alicyclic amines) is 1. The molecule has 0 saturated carbocycles. The maximum Gasteiger partial charge on any atom is 0.252 e. The van der Waals surface area contributed by atoms with E-state index >= 15 is 0 Å². The zero-order chi connectivity index (χ0) is 21.1. The Balaban J connectivity index is 1.47. The quantitative estimate of drug-likeness (QED) is 0.694. The van der Waals surface area contributed by atoms with Crippen LogP contribution >= 0.6 is 11.8 Å². The molecule has 5 heteroatoms. The second-order valence-electron chi connectivity index (χ2n) is 8.91. The standard InChI is InChI=1S/C25H30N2O2S/c1-25(2)14-13-21(18-9-3-5-11-20(18)25)26-24(29)19-10-4-6-12-22(19)30-17-23(28)27-15-7-8-16-27/h3-6,9-12,21H,7-8,13-17H2,1-2H3,(H,26,29). The molecule has 0 radical (unpaired) electrons. The van der Waals surface area contributed by atoms with Gasteiger partial charge in [0.25, 0.3) is 5.91 Å². The molecule has 1 atom stereocenters. The summed E-state index contributed by atoms with van der Waals surface area (Å²) in [5.41, 5.74) is 3.32. The van der Waals surface area contributed by atoms with E-state index < -0.39 is 0 Å². The van der Waals surface area contributed by atoms with Gasteiger partial charge >= 0.3 is 0 Å².